The Hall–Kier alpha value is -0.610. The van der Waals surface area contributed by atoms with Crippen molar-refractivity contribution in [3.8, 4) is 0 Å². The summed E-state index contributed by atoms with van der Waals surface area (Å²) >= 11 is 1.75. The van der Waals surface area contributed by atoms with Crippen molar-refractivity contribution in [1.29, 1.82) is 0 Å². The van der Waals surface area contributed by atoms with Crippen molar-refractivity contribution in [3.63, 3.8) is 0 Å². The van der Waals surface area contributed by atoms with Crippen LogP contribution < -0.4 is 10.2 Å². The van der Waals surface area contributed by atoms with Crippen LogP contribution in [0.15, 0.2) is 11.6 Å². The number of piperidine rings is 1. The standard InChI is InChI=1S/C11H19N3S/c1-2-12-9-10-3-6-14(7-4-10)11-13-5-8-15-11/h5,8,10,12H,2-4,6-7,9H2,1H3. The normalized spacial score (nSPS) is 18.3. The number of nitrogens with zero attached hydrogens (tertiary/aromatic N) is 2. The summed E-state index contributed by atoms with van der Waals surface area (Å²) in [7, 11) is 0. The van der Waals surface area contributed by atoms with Crippen LogP contribution in [-0.2, 0) is 0 Å². The lowest BCUT2D eigenvalue weighted by molar-refractivity contribution is 0.386. The van der Waals surface area contributed by atoms with Gasteiger partial charge in [0.2, 0.25) is 0 Å². The van der Waals surface area contributed by atoms with Gasteiger partial charge in [0.15, 0.2) is 5.13 Å². The Morgan fingerprint density at radius 1 is 1.53 bits per heavy atom. The van der Waals surface area contributed by atoms with Crippen molar-refractivity contribution in [2.45, 2.75) is 19.8 Å². The predicted octanol–water partition coefficient (Wildman–Crippen LogP) is 1.97. The fourth-order valence-electron chi connectivity index (χ4n) is 2.05. The molecule has 1 aliphatic rings. The Morgan fingerprint density at radius 3 is 2.93 bits per heavy atom. The maximum atomic E-state index is 4.36. The summed E-state index contributed by atoms with van der Waals surface area (Å²) in [6.45, 7) is 6.78. The maximum Gasteiger partial charge on any atom is 0.185 e. The van der Waals surface area contributed by atoms with Crippen LogP contribution in [0.25, 0.3) is 0 Å². The van der Waals surface area contributed by atoms with E-state index in [9.17, 15) is 0 Å². The van der Waals surface area contributed by atoms with E-state index in [1.165, 1.54) is 37.6 Å². The van der Waals surface area contributed by atoms with Gasteiger partial charge in [-0.3, -0.25) is 0 Å². The van der Waals surface area contributed by atoms with Gasteiger partial charge < -0.3 is 10.2 Å². The molecule has 0 aliphatic carbocycles. The van der Waals surface area contributed by atoms with E-state index in [4.69, 9.17) is 0 Å². The first-order valence-electron chi connectivity index (χ1n) is 5.75. The average Bonchev–Trinajstić information content (AvgIpc) is 2.80. The van der Waals surface area contributed by atoms with Crippen molar-refractivity contribution >= 4 is 16.5 Å². The highest BCUT2D eigenvalue weighted by molar-refractivity contribution is 7.13. The molecule has 1 fully saturated rings. The van der Waals surface area contributed by atoms with Crippen molar-refractivity contribution < 1.29 is 0 Å². The minimum Gasteiger partial charge on any atom is -0.348 e. The molecule has 0 atom stereocenters. The molecule has 84 valence electrons. The summed E-state index contributed by atoms with van der Waals surface area (Å²) in [4.78, 5) is 6.77. The third-order valence-corrected chi connectivity index (χ3v) is 3.82. The van der Waals surface area contributed by atoms with E-state index in [-0.39, 0.29) is 0 Å². The molecule has 0 spiro atoms. The molecular formula is C11H19N3S. The molecule has 15 heavy (non-hydrogen) atoms. The van der Waals surface area contributed by atoms with Gasteiger partial charge in [-0.2, -0.15) is 0 Å². The van der Waals surface area contributed by atoms with Gasteiger partial charge in [0.25, 0.3) is 0 Å². The Morgan fingerprint density at radius 2 is 2.33 bits per heavy atom. The molecule has 0 unspecified atom stereocenters. The lowest BCUT2D eigenvalue weighted by Gasteiger charge is -2.31. The van der Waals surface area contributed by atoms with Crippen LogP contribution in [0.1, 0.15) is 19.8 Å². The second-order valence-corrected chi connectivity index (χ2v) is 4.93. The largest absolute Gasteiger partial charge is 0.348 e. The second kappa shape index (κ2) is 5.47. The number of hydrogen-bond acceptors (Lipinski definition) is 4. The Labute approximate surface area is 95.5 Å². The van der Waals surface area contributed by atoms with E-state index >= 15 is 0 Å². The van der Waals surface area contributed by atoms with Gasteiger partial charge in [-0.15, -0.1) is 11.3 Å². The average molecular weight is 225 g/mol. The van der Waals surface area contributed by atoms with Gasteiger partial charge in [-0.25, -0.2) is 4.98 Å². The smallest absolute Gasteiger partial charge is 0.185 e. The number of hydrogen-bond donors (Lipinski definition) is 1. The molecule has 4 heteroatoms. The number of aromatic nitrogens is 1. The van der Waals surface area contributed by atoms with Crippen LogP contribution in [0, 0.1) is 5.92 Å². The van der Waals surface area contributed by atoms with Crippen LogP contribution in [0.4, 0.5) is 5.13 Å². The molecule has 0 aromatic carbocycles. The Balaban J connectivity index is 1.77. The van der Waals surface area contributed by atoms with Crippen molar-refractivity contribution in [3.05, 3.63) is 11.6 Å². The van der Waals surface area contributed by atoms with E-state index in [1.807, 2.05) is 6.20 Å². The zero-order valence-corrected chi connectivity index (χ0v) is 10.1. The molecule has 0 saturated carbocycles. The number of anilines is 1. The zero-order chi connectivity index (χ0) is 10.5. The van der Waals surface area contributed by atoms with Gasteiger partial charge in [0.1, 0.15) is 0 Å². The third-order valence-electron chi connectivity index (χ3n) is 2.99. The van der Waals surface area contributed by atoms with Gasteiger partial charge in [-0.05, 0) is 31.8 Å². The highest BCUT2D eigenvalue weighted by Gasteiger charge is 2.19. The number of nitrogens with one attached hydrogen (secondary N) is 1. The number of thiazole rings is 1. The fourth-order valence-corrected chi connectivity index (χ4v) is 2.75. The van der Waals surface area contributed by atoms with Crippen LogP contribution >= 0.6 is 11.3 Å². The van der Waals surface area contributed by atoms with Crippen LogP contribution in [0.2, 0.25) is 0 Å². The molecule has 1 saturated heterocycles. The molecule has 1 aromatic heterocycles. The molecule has 1 aromatic rings. The highest BCUT2D eigenvalue weighted by atomic mass is 32.1. The third kappa shape index (κ3) is 2.92. The summed E-state index contributed by atoms with van der Waals surface area (Å²) in [5, 5.41) is 6.68. The molecule has 0 radical (unpaired) electrons. The first-order chi connectivity index (χ1) is 7.40. The second-order valence-electron chi connectivity index (χ2n) is 4.05. The van der Waals surface area contributed by atoms with Crippen molar-refractivity contribution in [1.82, 2.24) is 10.3 Å². The van der Waals surface area contributed by atoms with Gasteiger partial charge >= 0.3 is 0 Å². The van der Waals surface area contributed by atoms with E-state index < -0.39 is 0 Å². The number of rotatable bonds is 4. The summed E-state index contributed by atoms with van der Waals surface area (Å²) in [6, 6.07) is 0. The first-order valence-corrected chi connectivity index (χ1v) is 6.63. The summed E-state index contributed by atoms with van der Waals surface area (Å²) in [6.07, 6.45) is 4.49. The molecule has 0 amide bonds. The molecule has 0 bridgehead atoms. The molecule has 2 rings (SSSR count). The molecule has 1 N–H and O–H groups in total. The van der Waals surface area contributed by atoms with Crippen LogP contribution in [0.5, 0.6) is 0 Å². The van der Waals surface area contributed by atoms with Crippen molar-refractivity contribution in [2.24, 2.45) is 5.92 Å². The lowest BCUT2D eigenvalue weighted by atomic mass is 9.97. The zero-order valence-electron chi connectivity index (χ0n) is 9.28. The van der Waals surface area contributed by atoms with Crippen molar-refractivity contribution in [2.75, 3.05) is 31.1 Å². The Kier molecular flexibility index (Phi) is 3.97. The van der Waals surface area contributed by atoms with Gasteiger partial charge in [0.05, 0.1) is 0 Å². The summed E-state index contributed by atoms with van der Waals surface area (Å²) in [5.41, 5.74) is 0. The quantitative estimate of drug-likeness (QED) is 0.849. The van der Waals surface area contributed by atoms with Gasteiger partial charge in [0, 0.05) is 24.7 Å². The fraction of sp³-hybridized carbons (Fsp3) is 0.727. The van der Waals surface area contributed by atoms with Crippen LogP contribution in [-0.4, -0.2) is 31.2 Å². The van der Waals surface area contributed by atoms with Crippen LogP contribution in [0.3, 0.4) is 0 Å². The van der Waals surface area contributed by atoms with E-state index in [2.05, 4.69) is 27.5 Å². The van der Waals surface area contributed by atoms with E-state index in [0.717, 1.165) is 12.5 Å². The molecule has 1 aliphatic heterocycles. The monoisotopic (exact) mass is 225 g/mol. The summed E-state index contributed by atoms with van der Waals surface area (Å²) < 4.78 is 0. The SMILES string of the molecule is CCNCC1CCN(c2nccs2)CC1. The van der Waals surface area contributed by atoms with Gasteiger partial charge in [-0.1, -0.05) is 6.92 Å². The maximum absolute atomic E-state index is 4.36. The minimum atomic E-state index is 0.862. The lowest BCUT2D eigenvalue weighted by Crippen LogP contribution is -2.37. The summed E-state index contributed by atoms with van der Waals surface area (Å²) in [5.74, 6) is 0.862. The van der Waals surface area contributed by atoms with E-state index in [0.29, 0.717) is 0 Å². The first kappa shape index (κ1) is 10.9. The Bertz CT molecular complexity index is 265. The molecule has 2 heterocycles. The van der Waals surface area contributed by atoms with E-state index in [1.54, 1.807) is 11.3 Å². The predicted molar refractivity (Wildman–Crippen MR) is 65.6 cm³/mol. The minimum absolute atomic E-state index is 0.862. The highest BCUT2D eigenvalue weighted by Crippen LogP contribution is 2.24. The topological polar surface area (TPSA) is 28.2 Å². The molecule has 3 nitrogen and oxygen atoms in total. The molecular weight excluding hydrogens is 206 g/mol.